The molecule has 1 saturated heterocycles. The second-order valence-electron chi connectivity index (χ2n) is 6.83. The summed E-state index contributed by atoms with van der Waals surface area (Å²) < 4.78 is 7.65. The molecule has 0 unspecified atom stereocenters. The Morgan fingerprint density at radius 3 is 2.83 bits per heavy atom. The van der Waals surface area contributed by atoms with Gasteiger partial charge < -0.3 is 9.64 Å². The summed E-state index contributed by atoms with van der Waals surface area (Å²) in [6.45, 7) is 9.23. The SMILES string of the molecule is CCc1c(C(=O)N2C[C@H](C)OC(C)(C)C2)cnn1-c1ccccn1. The summed E-state index contributed by atoms with van der Waals surface area (Å²) in [4.78, 5) is 19.3. The van der Waals surface area contributed by atoms with Gasteiger partial charge in [-0.1, -0.05) is 13.0 Å². The molecular weight excluding hydrogens is 304 g/mol. The van der Waals surface area contributed by atoms with Crippen LogP contribution in [0.15, 0.2) is 30.6 Å². The standard InChI is InChI=1S/C18H24N4O2/c1-5-15-14(10-20-22(15)16-8-6-7-9-19-16)17(23)21-11-13(2)24-18(3,4)12-21/h6-10,13H,5,11-12H2,1-4H3/t13-/m0/s1. The van der Waals surface area contributed by atoms with Crippen LogP contribution in [0.3, 0.4) is 0 Å². The monoisotopic (exact) mass is 328 g/mol. The largest absolute Gasteiger partial charge is 0.369 e. The Hall–Kier alpha value is -2.21. The minimum atomic E-state index is -0.337. The number of hydrogen-bond donors (Lipinski definition) is 0. The van der Waals surface area contributed by atoms with Crippen LogP contribution in [0.25, 0.3) is 5.82 Å². The van der Waals surface area contributed by atoms with Crippen molar-refractivity contribution in [1.29, 1.82) is 0 Å². The molecule has 0 aliphatic carbocycles. The minimum Gasteiger partial charge on any atom is -0.369 e. The van der Waals surface area contributed by atoms with E-state index < -0.39 is 0 Å². The average molecular weight is 328 g/mol. The van der Waals surface area contributed by atoms with Gasteiger partial charge in [-0.3, -0.25) is 4.79 Å². The van der Waals surface area contributed by atoms with Crippen LogP contribution < -0.4 is 0 Å². The Bertz CT molecular complexity index is 724. The number of rotatable bonds is 3. The molecule has 3 rings (SSSR count). The second-order valence-corrected chi connectivity index (χ2v) is 6.83. The van der Waals surface area contributed by atoms with Crippen molar-refractivity contribution in [2.24, 2.45) is 0 Å². The molecule has 0 spiro atoms. The van der Waals surface area contributed by atoms with Gasteiger partial charge in [0, 0.05) is 19.3 Å². The number of pyridine rings is 1. The van der Waals surface area contributed by atoms with Crippen molar-refractivity contribution in [3.05, 3.63) is 41.9 Å². The van der Waals surface area contributed by atoms with E-state index in [0.717, 1.165) is 11.5 Å². The molecular formula is C18H24N4O2. The van der Waals surface area contributed by atoms with Crippen LogP contribution in [0.1, 0.15) is 43.7 Å². The van der Waals surface area contributed by atoms with Gasteiger partial charge in [0.15, 0.2) is 5.82 Å². The number of hydrogen-bond acceptors (Lipinski definition) is 4. The third kappa shape index (κ3) is 3.19. The van der Waals surface area contributed by atoms with Crippen molar-refractivity contribution < 1.29 is 9.53 Å². The number of carbonyl (C=O) groups excluding carboxylic acids is 1. The Morgan fingerprint density at radius 1 is 1.42 bits per heavy atom. The highest BCUT2D eigenvalue weighted by Crippen LogP contribution is 2.24. The third-order valence-electron chi connectivity index (χ3n) is 4.16. The number of aromatic nitrogens is 3. The average Bonchev–Trinajstić information content (AvgIpc) is 2.96. The van der Waals surface area contributed by atoms with Crippen molar-refractivity contribution in [1.82, 2.24) is 19.7 Å². The summed E-state index contributed by atoms with van der Waals surface area (Å²) >= 11 is 0. The van der Waals surface area contributed by atoms with E-state index in [-0.39, 0.29) is 17.6 Å². The van der Waals surface area contributed by atoms with Crippen LogP contribution in [-0.2, 0) is 11.2 Å². The number of amides is 1. The lowest BCUT2D eigenvalue weighted by atomic mass is 10.0. The molecule has 3 heterocycles. The van der Waals surface area contributed by atoms with Gasteiger partial charge in [-0.15, -0.1) is 0 Å². The molecule has 1 aliphatic rings. The lowest BCUT2D eigenvalue weighted by molar-refractivity contribution is -0.118. The summed E-state index contributed by atoms with van der Waals surface area (Å²) in [7, 11) is 0. The molecule has 2 aromatic rings. The van der Waals surface area contributed by atoms with Crippen LogP contribution in [0, 0.1) is 0 Å². The number of ether oxygens (including phenoxy) is 1. The zero-order chi connectivity index (χ0) is 17.3. The van der Waals surface area contributed by atoms with Crippen LogP contribution in [-0.4, -0.2) is 50.4 Å². The highest BCUT2D eigenvalue weighted by molar-refractivity contribution is 5.95. The van der Waals surface area contributed by atoms with E-state index in [1.54, 1.807) is 17.1 Å². The molecule has 0 radical (unpaired) electrons. The molecule has 0 aromatic carbocycles. The van der Waals surface area contributed by atoms with Gasteiger partial charge in [0.2, 0.25) is 0 Å². The molecule has 1 atom stereocenters. The van der Waals surface area contributed by atoms with E-state index in [0.29, 0.717) is 25.1 Å². The third-order valence-corrected chi connectivity index (χ3v) is 4.16. The van der Waals surface area contributed by atoms with E-state index in [1.807, 2.05) is 50.8 Å². The van der Waals surface area contributed by atoms with Gasteiger partial charge in [0.05, 0.1) is 29.2 Å². The van der Waals surface area contributed by atoms with Gasteiger partial charge in [-0.2, -0.15) is 5.10 Å². The maximum Gasteiger partial charge on any atom is 0.257 e. The lowest BCUT2D eigenvalue weighted by Crippen LogP contribution is -2.53. The molecule has 0 N–H and O–H groups in total. The maximum atomic E-state index is 13.1. The molecule has 6 heteroatoms. The molecule has 1 aliphatic heterocycles. The van der Waals surface area contributed by atoms with E-state index in [1.165, 1.54) is 0 Å². The van der Waals surface area contributed by atoms with E-state index in [4.69, 9.17) is 4.74 Å². The van der Waals surface area contributed by atoms with E-state index in [9.17, 15) is 4.79 Å². The molecule has 2 aromatic heterocycles. The summed E-state index contributed by atoms with van der Waals surface area (Å²) in [5, 5.41) is 4.40. The molecule has 24 heavy (non-hydrogen) atoms. The quantitative estimate of drug-likeness (QED) is 0.868. The van der Waals surface area contributed by atoms with E-state index >= 15 is 0 Å². The molecule has 1 fully saturated rings. The Balaban J connectivity index is 1.92. The van der Waals surface area contributed by atoms with Crippen LogP contribution >= 0.6 is 0 Å². The maximum absolute atomic E-state index is 13.1. The predicted octanol–water partition coefficient (Wildman–Crippen LogP) is 2.47. The van der Waals surface area contributed by atoms with Crippen molar-refractivity contribution in [3.63, 3.8) is 0 Å². The first-order valence-corrected chi connectivity index (χ1v) is 8.36. The fraction of sp³-hybridized carbons (Fsp3) is 0.500. The van der Waals surface area contributed by atoms with Crippen molar-refractivity contribution in [2.45, 2.75) is 45.8 Å². The van der Waals surface area contributed by atoms with Gasteiger partial charge in [0.25, 0.3) is 5.91 Å². The lowest BCUT2D eigenvalue weighted by Gasteiger charge is -2.41. The fourth-order valence-corrected chi connectivity index (χ4v) is 3.35. The van der Waals surface area contributed by atoms with Crippen LogP contribution in [0.5, 0.6) is 0 Å². The highest BCUT2D eigenvalue weighted by atomic mass is 16.5. The second kappa shape index (κ2) is 6.36. The van der Waals surface area contributed by atoms with Crippen molar-refractivity contribution >= 4 is 5.91 Å². The van der Waals surface area contributed by atoms with Gasteiger partial charge >= 0.3 is 0 Å². The van der Waals surface area contributed by atoms with Crippen molar-refractivity contribution in [2.75, 3.05) is 13.1 Å². The zero-order valence-electron chi connectivity index (χ0n) is 14.7. The Kier molecular flexibility index (Phi) is 4.41. The first-order valence-electron chi connectivity index (χ1n) is 8.36. The van der Waals surface area contributed by atoms with Gasteiger partial charge in [0.1, 0.15) is 0 Å². The van der Waals surface area contributed by atoms with Crippen molar-refractivity contribution in [3.8, 4) is 5.82 Å². The van der Waals surface area contributed by atoms with Gasteiger partial charge in [-0.05, 0) is 39.3 Å². The minimum absolute atomic E-state index is 0.0113. The zero-order valence-corrected chi connectivity index (χ0v) is 14.7. The smallest absolute Gasteiger partial charge is 0.257 e. The molecule has 128 valence electrons. The Labute approximate surface area is 142 Å². The van der Waals surface area contributed by atoms with Crippen LogP contribution in [0.4, 0.5) is 0 Å². The molecule has 6 nitrogen and oxygen atoms in total. The van der Waals surface area contributed by atoms with E-state index in [2.05, 4.69) is 10.1 Å². The first kappa shape index (κ1) is 16.6. The summed E-state index contributed by atoms with van der Waals surface area (Å²) in [6, 6.07) is 5.67. The summed E-state index contributed by atoms with van der Waals surface area (Å²) in [5.74, 6) is 0.737. The molecule has 1 amide bonds. The normalized spacial score (nSPS) is 20.2. The molecule has 0 saturated carbocycles. The number of carbonyl (C=O) groups is 1. The predicted molar refractivity (Wildman–Crippen MR) is 91.3 cm³/mol. The van der Waals surface area contributed by atoms with Crippen LogP contribution in [0.2, 0.25) is 0 Å². The first-order chi connectivity index (χ1) is 11.4. The summed E-state index contributed by atoms with van der Waals surface area (Å²) in [5.41, 5.74) is 1.19. The molecule has 0 bridgehead atoms. The fourth-order valence-electron chi connectivity index (χ4n) is 3.35. The van der Waals surface area contributed by atoms with Gasteiger partial charge in [-0.25, -0.2) is 9.67 Å². The number of nitrogens with zero attached hydrogens (tertiary/aromatic N) is 4. The Morgan fingerprint density at radius 2 is 2.21 bits per heavy atom. The highest BCUT2D eigenvalue weighted by Gasteiger charge is 2.35. The number of morpholine rings is 1. The summed E-state index contributed by atoms with van der Waals surface area (Å²) in [6.07, 6.45) is 4.11. The topological polar surface area (TPSA) is 60.3 Å².